The molecule has 0 amide bonds. The van der Waals surface area contributed by atoms with E-state index in [1.165, 1.54) is 11.5 Å². The van der Waals surface area contributed by atoms with Crippen LogP contribution in [-0.4, -0.2) is 27.1 Å². The average molecular weight is 184 g/mol. The van der Waals surface area contributed by atoms with Gasteiger partial charge in [-0.05, 0) is 11.5 Å². The monoisotopic (exact) mass is 184 g/mol. The minimum Gasteiger partial charge on any atom is -0.264 e. The number of hydrogen-bond acceptors (Lipinski definition) is 5. The summed E-state index contributed by atoms with van der Waals surface area (Å²) >= 11 is 1.35. The van der Waals surface area contributed by atoms with Gasteiger partial charge in [-0.25, -0.2) is 0 Å². The standard InChI is InChI=1S/C2H2N2S.H2O4S/c1-2-5-4-3-1;1-5(2,3)4/h1-2H;(H2,1,2,3,4). The fourth-order valence-electron chi connectivity index (χ4n) is 0.136. The Morgan fingerprint density at radius 3 is 2.00 bits per heavy atom. The van der Waals surface area contributed by atoms with Gasteiger partial charge in [0.2, 0.25) is 0 Å². The van der Waals surface area contributed by atoms with Gasteiger partial charge in [-0.3, -0.25) is 9.11 Å². The van der Waals surface area contributed by atoms with Crippen molar-refractivity contribution in [1.82, 2.24) is 9.59 Å². The van der Waals surface area contributed by atoms with E-state index in [1.807, 2.05) is 5.38 Å². The van der Waals surface area contributed by atoms with Crippen LogP contribution in [0.2, 0.25) is 0 Å². The van der Waals surface area contributed by atoms with Gasteiger partial charge in [0.05, 0.1) is 6.20 Å². The van der Waals surface area contributed by atoms with Crippen molar-refractivity contribution in [3.8, 4) is 0 Å². The Morgan fingerprint density at radius 1 is 1.40 bits per heavy atom. The van der Waals surface area contributed by atoms with Crippen molar-refractivity contribution < 1.29 is 17.5 Å². The average Bonchev–Trinajstić information content (AvgIpc) is 2.07. The van der Waals surface area contributed by atoms with Gasteiger partial charge in [-0.2, -0.15) is 8.42 Å². The molecule has 0 saturated heterocycles. The molecule has 0 aliphatic carbocycles. The third kappa shape index (κ3) is 15.7. The molecule has 1 aromatic heterocycles. The molecule has 0 radical (unpaired) electrons. The van der Waals surface area contributed by atoms with Crippen molar-refractivity contribution in [1.29, 1.82) is 0 Å². The molecule has 0 aromatic carbocycles. The van der Waals surface area contributed by atoms with Gasteiger partial charge in [0.1, 0.15) is 0 Å². The summed E-state index contributed by atoms with van der Waals surface area (Å²) in [6.07, 6.45) is 1.66. The number of aromatic nitrogens is 2. The summed E-state index contributed by atoms with van der Waals surface area (Å²) in [5.41, 5.74) is 0. The van der Waals surface area contributed by atoms with Gasteiger partial charge < -0.3 is 0 Å². The third-order valence-electron chi connectivity index (χ3n) is 0.283. The van der Waals surface area contributed by atoms with E-state index in [0.717, 1.165) is 0 Å². The quantitative estimate of drug-likeness (QED) is 0.545. The molecule has 10 heavy (non-hydrogen) atoms. The molecule has 0 saturated carbocycles. The van der Waals surface area contributed by atoms with E-state index in [9.17, 15) is 0 Å². The molecule has 0 fully saturated rings. The van der Waals surface area contributed by atoms with Crippen LogP contribution in [0.4, 0.5) is 0 Å². The summed E-state index contributed by atoms with van der Waals surface area (Å²) in [7, 11) is -4.67. The van der Waals surface area contributed by atoms with Crippen LogP contribution < -0.4 is 0 Å². The summed E-state index contributed by atoms with van der Waals surface area (Å²) in [4.78, 5) is 0. The summed E-state index contributed by atoms with van der Waals surface area (Å²) in [5, 5.41) is 5.31. The van der Waals surface area contributed by atoms with E-state index in [0.29, 0.717) is 0 Å². The van der Waals surface area contributed by atoms with E-state index in [2.05, 4.69) is 9.59 Å². The van der Waals surface area contributed by atoms with Crippen molar-refractivity contribution in [3.05, 3.63) is 11.6 Å². The molecular weight excluding hydrogens is 180 g/mol. The van der Waals surface area contributed by atoms with Crippen LogP contribution in [0.25, 0.3) is 0 Å². The first-order valence-electron chi connectivity index (χ1n) is 1.91. The Morgan fingerprint density at radius 2 is 1.90 bits per heavy atom. The van der Waals surface area contributed by atoms with Crippen molar-refractivity contribution in [2.75, 3.05) is 0 Å². The lowest BCUT2D eigenvalue weighted by Crippen LogP contribution is -1.89. The fourth-order valence-corrected chi connectivity index (χ4v) is 0.408. The van der Waals surface area contributed by atoms with Gasteiger partial charge in [0, 0.05) is 5.38 Å². The van der Waals surface area contributed by atoms with E-state index >= 15 is 0 Å². The Balaban J connectivity index is 0.000000162. The Kier molecular flexibility index (Phi) is 4.03. The Bertz CT molecular complexity index is 215. The highest BCUT2D eigenvalue weighted by molar-refractivity contribution is 7.79. The predicted molar refractivity (Wildman–Crippen MR) is 34.1 cm³/mol. The zero-order valence-electron chi connectivity index (χ0n) is 4.58. The first-order valence-corrected chi connectivity index (χ1v) is 4.14. The van der Waals surface area contributed by atoms with Crippen molar-refractivity contribution in [2.24, 2.45) is 0 Å². The van der Waals surface area contributed by atoms with Crippen LogP contribution >= 0.6 is 11.5 Å². The van der Waals surface area contributed by atoms with Gasteiger partial charge in [0.15, 0.2) is 0 Å². The highest BCUT2D eigenvalue weighted by Crippen LogP contribution is 1.78. The van der Waals surface area contributed by atoms with Crippen LogP contribution in [0.5, 0.6) is 0 Å². The SMILES string of the molecule is O=S(=O)(O)O.c1csnn1. The molecule has 1 rings (SSSR count). The second kappa shape index (κ2) is 4.28. The first-order chi connectivity index (χ1) is 4.50. The Hall–Kier alpha value is -0.570. The van der Waals surface area contributed by atoms with Gasteiger partial charge in [0.25, 0.3) is 0 Å². The normalized spacial score (nSPS) is 9.80. The molecule has 0 aliphatic rings. The summed E-state index contributed by atoms with van der Waals surface area (Å²) in [6.45, 7) is 0. The van der Waals surface area contributed by atoms with Crippen LogP contribution in [0.3, 0.4) is 0 Å². The van der Waals surface area contributed by atoms with Crippen LogP contribution in [0, 0.1) is 0 Å². The lowest BCUT2D eigenvalue weighted by atomic mass is 11.1. The number of hydrogen-bond donors (Lipinski definition) is 2. The van der Waals surface area contributed by atoms with E-state index in [4.69, 9.17) is 17.5 Å². The van der Waals surface area contributed by atoms with E-state index in [1.54, 1.807) is 6.20 Å². The molecule has 58 valence electrons. The molecule has 2 N–H and O–H groups in total. The Labute approximate surface area is 61.3 Å². The fraction of sp³-hybridized carbons (Fsp3) is 0. The zero-order chi connectivity index (χ0) is 8.04. The molecule has 0 atom stereocenters. The topological polar surface area (TPSA) is 100 Å². The summed E-state index contributed by atoms with van der Waals surface area (Å²) in [6, 6.07) is 0. The second-order valence-corrected chi connectivity index (χ2v) is 2.58. The molecule has 8 heteroatoms. The molecule has 0 aliphatic heterocycles. The zero-order valence-corrected chi connectivity index (χ0v) is 6.21. The predicted octanol–water partition coefficient (Wildman–Crippen LogP) is -0.115. The third-order valence-corrected chi connectivity index (χ3v) is 0.715. The highest BCUT2D eigenvalue weighted by Gasteiger charge is 1.84. The summed E-state index contributed by atoms with van der Waals surface area (Å²) in [5.74, 6) is 0. The van der Waals surface area contributed by atoms with Crippen molar-refractivity contribution >= 4 is 21.9 Å². The molecule has 0 spiro atoms. The summed E-state index contributed by atoms with van der Waals surface area (Å²) < 4.78 is 35.1. The lowest BCUT2D eigenvalue weighted by molar-refractivity contribution is 0.381. The molecule has 1 aromatic rings. The van der Waals surface area contributed by atoms with Gasteiger partial charge >= 0.3 is 10.4 Å². The van der Waals surface area contributed by atoms with E-state index < -0.39 is 10.4 Å². The molecule has 1 heterocycles. The second-order valence-electron chi connectivity index (χ2n) is 1.04. The first kappa shape index (κ1) is 9.43. The van der Waals surface area contributed by atoms with Gasteiger partial charge in [-0.1, -0.05) is 4.49 Å². The van der Waals surface area contributed by atoms with Crippen molar-refractivity contribution in [2.45, 2.75) is 0 Å². The minimum absolute atomic E-state index is 1.35. The van der Waals surface area contributed by atoms with Crippen LogP contribution in [-0.2, 0) is 10.4 Å². The molecular formula is C2H4N2O4S2. The highest BCUT2D eigenvalue weighted by atomic mass is 32.3. The van der Waals surface area contributed by atoms with Crippen LogP contribution in [0.1, 0.15) is 0 Å². The van der Waals surface area contributed by atoms with Gasteiger partial charge in [-0.15, -0.1) is 5.10 Å². The van der Waals surface area contributed by atoms with Crippen molar-refractivity contribution in [3.63, 3.8) is 0 Å². The smallest absolute Gasteiger partial charge is 0.264 e. The van der Waals surface area contributed by atoms with E-state index in [-0.39, 0.29) is 0 Å². The number of rotatable bonds is 0. The molecule has 6 nitrogen and oxygen atoms in total. The molecule has 0 unspecified atom stereocenters. The maximum atomic E-state index is 8.74. The lowest BCUT2D eigenvalue weighted by Gasteiger charge is -1.68. The number of nitrogens with zero attached hydrogens (tertiary/aromatic N) is 2. The maximum Gasteiger partial charge on any atom is 0.394 e. The largest absolute Gasteiger partial charge is 0.394 e. The van der Waals surface area contributed by atoms with Crippen LogP contribution in [0.15, 0.2) is 11.6 Å². The maximum absolute atomic E-state index is 8.74. The minimum atomic E-state index is -4.67. The molecule has 0 bridgehead atoms.